The molecule has 0 spiro atoms. The van der Waals surface area contributed by atoms with Crippen LogP contribution in [0.1, 0.15) is 34.8 Å². The lowest BCUT2D eigenvalue weighted by molar-refractivity contribution is -0.118. The lowest BCUT2D eigenvalue weighted by Crippen LogP contribution is -2.22. The van der Waals surface area contributed by atoms with E-state index < -0.39 is 0 Å². The Hall–Kier alpha value is -2.67. The molecular weight excluding hydrogens is 348 g/mol. The molecule has 2 aromatic heterocycles. The number of carbonyl (C=O) groups is 2. The molecule has 7 heteroatoms. The summed E-state index contributed by atoms with van der Waals surface area (Å²) in [7, 11) is 1.88. The highest BCUT2D eigenvalue weighted by Gasteiger charge is 2.15. The van der Waals surface area contributed by atoms with Crippen molar-refractivity contribution in [3.63, 3.8) is 0 Å². The topological polar surface area (TPSA) is 76.0 Å². The van der Waals surface area contributed by atoms with Gasteiger partial charge in [0.25, 0.3) is 5.91 Å². The normalized spacial score (nSPS) is 11.1. The second-order valence-electron chi connectivity index (χ2n) is 6.56. The lowest BCUT2D eigenvalue weighted by atomic mass is 10.1. The van der Waals surface area contributed by atoms with Crippen molar-refractivity contribution in [3.8, 4) is 0 Å². The molecule has 1 aromatic carbocycles. The van der Waals surface area contributed by atoms with E-state index in [1.54, 1.807) is 4.68 Å². The van der Waals surface area contributed by atoms with Crippen molar-refractivity contribution < 1.29 is 9.59 Å². The summed E-state index contributed by atoms with van der Waals surface area (Å²) in [6.45, 7) is 6.08. The third-order valence-corrected chi connectivity index (χ3v) is 5.32. The number of amides is 2. The smallest absolute Gasteiger partial charge is 0.261 e. The standard InChI is InChI=1S/C19H22N4O2S/c1-11(2)17(24)21-14-7-5-13(6-8-14)10-20-18(25)16-9-15-12(3)22-23(4)19(15)26-16/h5-9,11H,10H2,1-4H3,(H,20,25)(H,21,24). The van der Waals surface area contributed by atoms with E-state index in [4.69, 9.17) is 0 Å². The molecule has 0 bridgehead atoms. The molecule has 2 N–H and O–H groups in total. The maximum atomic E-state index is 12.4. The van der Waals surface area contributed by atoms with E-state index in [0.717, 1.165) is 27.2 Å². The van der Waals surface area contributed by atoms with E-state index in [1.807, 2.05) is 58.2 Å². The Kier molecular flexibility index (Phi) is 5.08. The van der Waals surface area contributed by atoms with Gasteiger partial charge in [-0.1, -0.05) is 26.0 Å². The molecule has 2 amide bonds. The summed E-state index contributed by atoms with van der Waals surface area (Å²) in [5.41, 5.74) is 2.66. The Balaban J connectivity index is 1.61. The van der Waals surface area contributed by atoms with E-state index >= 15 is 0 Å². The van der Waals surface area contributed by atoms with Crippen molar-refractivity contribution >= 4 is 39.1 Å². The number of carbonyl (C=O) groups excluding carboxylic acids is 2. The number of hydrogen-bond acceptors (Lipinski definition) is 4. The zero-order valence-corrected chi connectivity index (χ0v) is 16.1. The Morgan fingerprint density at radius 3 is 2.54 bits per heavy atom. The van der Waals surface area contributed by atoms with Crippen molar-refractivity contribution in [3.05, 3.63) is 46.5 Å². The van der Waals surface area contributed by atoms with Gasteiger partial charge in [-0.25, -0.2) is 0 Å². The SMILES string of the molecule is Cc1nn(C)c2sc(C(=O)NCc3ccc(NC(=O)C(C)C)cc3)cc12. The number of hydrogen-bond donors (Lipinski definition) is 2. The minimum absolute atomic E-state index is 0.0133. The van der Waals surface area contributed by atoms with Gasteiger partial charge in [0.15, 0.2) is 0 Å². The predicted molar refractivity (Wildman–Crippen MR) is 104 cm³/mol. The summed E-state index contributed by atoms with van der Waals surface area (Å²) >= 11 is 1.44. The van der Waals surface area contributed by atoms with Crippen molar-refractivity contribution in [2.45, 2.75) is 27.3 Å². The van der Waals surface area contributed by atoms with E-state index in [9.17, 15) is 9.59 Å². The second kappa shape index (κ2) is 7.29. The maximum absolute atomic E-state index is 12.4. The molecule has 0 fully saturated rings. The number of nitrogens with one attached hydrogen (secondary N) is 2. The van der Waals surface area contributed by atoms with Crippen molar-refractivity contribution in [2.75, 3.05) is 5.32 Å². The zero-order valence-electron chi connectivity index (χ0n) is 15.3. The molecule has 0 atom stereocenters. The third kappa shape index (κ3) is 3.77. The molecule has 3 rings (SSSR count). The van der Waals surface area contributed by atoms with Crippen molar-refractivity contribution in [1.29, 1.82) is 0 Å². The van der Waals surface area contributed by atoms with Crippen LogP contribution in [-0.4, -0.2) is 21.6 Å². The van der Waals surface area contributed by atoms with Crippen LogP contribution in [0.5, 0.6) is 0 Å². The Morgan fingerprint density at radius 2 is 1.92 bits per heavy atom. The molecule has 3 aromatic rings. The molecular formula is C19H22N4O2S. The molecule has 136 valence electrons. The van der Waals surface area contributed by atoms with Crippen molar-refractivity contribution in [1.82, 2.24) is 15.1 Å². The summed E-state index contributed by atoms with van der Waals surface area (Å²) in [6.07, 6.45) is 0. The molecule has 2 heterocycles. The average molecular weight is 370 g/mol. The van der Waals surface area contributed by atoms with Crippen molar-refractivity contribution in [2.24, 2.45) is 13.0 Å². The number of thiophene rings is 1. The average Bonchev–Trinajstić information content (AvgIpc) is 3.16. The van der Waals surface area contributed by atoms with Crippen LogP contribution in [0.3, 0.4) is 0 Å². The number of aromatic nitrogens is 2. The minimum Gasteiger partial charge on any atom is -0.347 e. The zero-order chi connectivity index (χ0) is 18.8. The van der Waals surface area contributed by atoms with Crippen LogP contribution < -0.4 is 10.6 Å². The van der Waals surface area contributed by atoms with Gasteiger partial charge in [-0.05, 0) is 30.7 Å². The van der Waals surface area contributed by atoms with Gasteiger partial charge in [0.05, 0.1) is 10.6 Å². The van der Waals surface area contributed by atoms with Gasteiger partial charge in [0, 0.05) is 30.6 Å². The molecule has 0 unspecified atom stereocenters. The Labute approximate surface area is 156 Å². The van der Waals surface area contributed by atoms with Gasteiger partial charge in [-0.3, -0.25) is 14.3 Å². The first-order chi connectivity index (χ1) is 12.3. The maximum Gasteiger partial charge on any atom is 0.261 e. The highest BCUT2D eigenvalue weighted by atomic mass is 32.1. The van der Waals surface area contributed by atoms with Gasteiger partial charge in [-0.15, -0.1) is 11.3 Å². The first-order valence-corrected chi connectivity index (χ1v) is 9.28. The van der Waals surface area contributed by atoms with E-state index in [2.05, 4.69) is 15.7 Å². The first-order valence-electron chi connectivity index (χ1n) is 8.46. The first kappa shape index (κ1) is 18.1. The van der Waals surface area contributed by atoms with Crippen LogP contribution in [-0.2, 0) is 18.4 Å². The summed E-state index contributed by atoms with van der Waals surface area (Å²) in [5.74, 6) is -0.169. The van der Waals surface area contributed by atoms with Crippen LogP contribution >= 0.6 is 11.3 Å². The number of benzene rings is 1. The quantitative estimate of drug-likeness (QED) is 0.722. The summed E-state index contributed by atoms with van der Waals surface area (Å²) in [6, 6.07) is 9.37. The van der Waals surface area contributed by atoms with Crippen LogP contribution in [0.4, 0.5) is 5.69 Å². The van der Waals surface area contributed by atoms with Gasteiger partial charge < -0.3 is 10.6 Å². The summed E-state index contributed by atoms with van der Waals surface area (Å²) in [4.78, 5) is 25.8. The van der Waals surface area contributed by atoms with Crippen LogP contribution in [0.15, 0.2) is 30.3 Å². The van der Waals surface area contributed by atoms with Gasteiger partial charge >= 0.3 is 0 Å². The number of fused-ring (bicyclic) bond motifs is 1. The highest BCUT2D eigenvalue weighted by molar-refractivity contribution is 7.20. The van der Waals surface area contributed by atoms with E-state index in [-0.39, 0.29) is 17.7 Å². The van der Waals surface area contributed by atoms with E-state index in [0.29, 0.717) is 11.4 Å². The van der Waals surface area contributed by atoms with Gasteiger partial charge in [0.2, 0.25) is 5.91 Å². The Morgan fingerprint density at radius 1 is 1.23 bits per heavy atom. The fourth-order valence-corrected chi connectivity index (χ4v) is 3.62. The number of aryl methyl sites for hydroxylation is 2. The van der Waals surface area contributed by atoms with Gasteiger partial charge in [0.1, 0.15) is 4.83 Å². The predicted octanol–water partition coefficient (Wildman–Crippen LogP) is 3.47. The lowest BCUT2D eigenvalue weighted by Gasteiger charge is -2.09. The molecule has 26 heavy (non-hydrogen) atoms. The van der Waals surface area contributed by atoms with Crippen LogP contribution in [0, 0.1) is 12.8 Å². The van der Waals surface area contributed by atoms with Crippen LogP contribution in [0.2, 0.25) is 0 Å². The Bertz CT molecular complexity index is 919. The molecule has 0 saturated heterocycles. The molecule has 0 saturated carbocycles. The number of anilines is 1. The van der Waals surface area contributed by atoms with Gasteiger partial charge in [-0.2, -0.15) is 5.10 Å². The van der Waals surface area contributed by atoms with E-state index in [1.165, 1.54) is 11.3 Å². The fraction of sp³-hybridized carbons (Fsp3) is 0.316. The summed E-state index contributed by atoms with van der Waals surface area (Å²) < 4.78 is 1.80. The highest BCUT2D eigenvalue weighted by Crippen LogP contribution is 2.27. The second-order valence-corrected chi connectivity index (χ2v) is 7.59. The number of rotatable bonds is 5. The summed E-state index contributed by atoms with van der Waals surface area (Å²) in [5, 5.41) is 11.2. The number of nitrogens with zero attached hydrogens (tertiary/aromatic N) is 2. The minimum atomic E-state index is -0.0946. The molecule has 0 aliphatic carbocycles. The molecule has 0 radical (unpaired) electrons. The monoisotopic (exact) mass is 370 g/mol. The molecule has 6 nitrogen and oxygen atoms in total. The largest absolute Gasteiger partial charge is 0.347 e. The third-order valence-electron chi connectivity index (χ3n) is 4.12. The molecule has 0 aliphatic rings. The van der Waals surface area contributed by atoms with Crippen LogP contribution in [0.25, 0.3) is 10.2 Å². The molecule has 0 aliphatic heterocycles. The fourth-order valence-electron chi connectivity index (χ4n) is 2.58.